The zero-order valence-corrected chi connectivity index (χ0v) is 17.2. The minimum atomic E-state index is -0.770. The zero-order chi connectivity index (χ0) is 21.0. The van der Waals surface area contributed by atoms with Gasteiger partial charge in [-0.3, -0.25) is 14.5 Å². The Morgan fingerprint density at radius 2 is 1.83 bits per heavy atom. The van der Waals surface area contributed by atoms with Gasteiger partial charge in [-0.15, -0.1) is 0 Å². The Balaban J connectivity index is 1.62. The summed E-state index contributed by atoms with van der Waals surface area (Å²) >= 11 is 0. The van der Waals surface area contributed by atoms with Crippen LogP contribution < -0.4 is 25.0 Å². The van der Waals surface area contributed by atoms with Crippen molar-refractivity contribution in [1.82, 2.24) is 5.32 Å². The van der Waals surface area contributed by atoms with Gasteiger partial charge in [0.05, 0.1) is 25.6 Å². The lowest BCUT2D eigenvalue weighted by Gasteiger charge is -2.39. The highest BCUT2D eigenvalue weighted by Gasteiger charge is 2.39. The van der Waals surface area contributed by atoms with E-state index in [1.165, 1.54) is 4.90 Å². The largest absolute Gasteiger partial charge is 0.493 e. The van der Waals surface area contributed by atoms with Crippen LogP contribution >= 0.6 is 0 Å². The Hall–Kier alpha value is -3.22. The third-order valence-electron chi connectivity index (χ3n) is 4.91. The van der Waals surface area contributed by atoms with Gasteiger partial charge in [0.15, 0.2) is 11.5 Å². The van der Waals surface area contributed by atoms with Gasteiger partial charge in [-0.2, -0.15) is 0 Å². The van der Waals surface area contributed by atoms with Crippen LogP contribution in [0.2, 0.25) is 0 Å². The second-order valence-corrected chi connectivity index (χ2v) is 7.45. The first kappa shape index (κ1) is 20.5. The SMILES string of the molecule is COc1ccc(CCNC(=O)CN2C(=O)C(C)(C)Nc3ccccc32)cc1OC. The summed E-state index contributed by atoms with van der Waals surface area (Å²) < 4.78 is 10.5. The van der Waals surface area contributed by atoms with Crippen LogP contribution in [0.25, 0.3) is 0 Å². The van der Waals surface area contributed by atoms with E-state index < -0.39 is 5.54 Å². The first-order valence-electron chi connectivity index (χ1n) is 9.52. The van der Waals surface area contributed by atoms with Crippen molar-refractivity contribution in [2.24, 2.45) is 0 Å². The Morgan fingerprint density at radius 3 is 2.55 bits per heavy atom. The molecule has 1 aliphatic heterocycles. The molecular formula is C22H27N3O4. The minimum Gasteiger partial charge on any atom is -0.493 e. The Morgan fingerprint density at radius 1 is 1.10 bits per heavy atom. The fraction of sp³-hybridized carbons (Fsp3) is 0.364. The highest BCUT2D eigenvalue weighted by atomic mass is 16.5. The van der Waals surface area contributed by atoms with E-state index in [9.17, 15) is 9.59 Å². The van der Waals surface area contributed by atoms with Crippen LogP contribution in [0.15, 0.2) is 42.5 Å². The fourth-order valence-corrected chi connectivity index (χ4v) is 3.39. The monoisotopic (exact) mass is 397 g/mol. The molecule has 0 saturated heterocycles. The number of anilines is 2. The number of carbonyl (C=O) groups is 2. The van der Waals surface area contributed by atoms with Gasteiger partial charge in [0.25, 0.3) is 5.91 Å². The Labute approximate surface area is 171 Å². The predicted octanol–water partition coefficient (Wildman–Crippen LogP) is 2.60. The van der Waals surface area contributed by atoms with Crippen molar-refractivity contribution in [3.63, 3.8) is 0 Å². The van der Waals surface area contributed by atoms with Crippen molar-refractivity contribution in [2.75, 3.05) is 37.5 Å². The van der Waals surface area contributed by atoms with Gasteiger partial charge in [0, 0.05) is 6.54 Å². The number of nitrogens with one attached hydrogen (secondary N) is 2. The maximum Gasteiger partial charge on any atom is 0.252 e. The molecule has 0 spiro atoms. The Kier molecular flexibility index (Phi) is 5.96. The van der Waals surface area contributed by atoms with E-state index in [0.29, 0.717) is 30.2 Å². The third-order valence-corrected chi connectivity index (χ3v) is 4.91. The summed E-state index contributed by atoms with van der Waals surface area (Å²) in [5.74, 6) is 0.984. The van der Waals surface area contributed by atoms with Gasteiger partial charge < -0.3 is 20.1 Å². The molecule has 0 aliphatic carbocycles. The summed E-state index contributed by atoms with van der Waals surface area (Å²) in [5, 5.41) is 6.13. The molecule has 1 aliphatic rings. The van der Waals surface area contributed by atoms with Crippen LogP contribution in [0.4, 0.5) is 11.4 Å². The number of para-hydroxylation sites is 2. The molecule has 0 radical (unpaired) electrons. The maximum atomic E-state index is 12.8. The topological polar surface area (TPSA) is 79.9 Å². The second-order valence-electron chi connectivity index (χ2n) is 7.45. The number of ether oxygens (including phenoxy) is 2. The third kappa shape index (κ3) is 4.45. The lowest BCUT2D eigenvalue weighted by Crippen LogP contribution is -2.56. The molecule has 0 atom stereocenters. The van der Waals surface area contributed by atoms with Crippen molar-refractivity contribution in [3.05, 3.63) is 48.0 Å². The van der Waals surface area contributed by atoms with E-state index in [2.05, 4.69) is 10.6 Å². The summed E-state index contributed by atoms with van der Waals surface area (Å²) in [6.07, 6.45) is 0.643. The van der Waals surface area contributed by atoms with Crippen molar-refractivity contribution in [3.8, 4) is 11.5 Å². The lowest BCUT2D eigenvalue weighted by molar-refractivity contribution is -0.125. The molecule has 2 aromatic carbocycles. The highest BCUT2D eigenvalue weighted by Crippen LogP contribution is 2.34. The van der Waals surface area contributed by atoms with Crippen molar-refractivity contribution in [2.45, 2.75) is 25.8 Å². The number of nitrogens with zero attached hydrogens (tertiary/aromatic N) is 1. The molecule has 2 aromatic rings. The molecule has 154 valence electrons. The van der Waals surface area contributed by atoms with Crippen LogP contribution in [-0.4, -0.2) is 44.7 Å². The maximum absolute atomic E-state index is 12.8. The van der Waals surface area contributed by atoms with E-state index in [4.69, 9.17) is 9.47 Å². The molecule has 29 heavy (non-hydrogen) atoms. The highest BCUT2D eigenvalue weighted by molar-refractivity contribution is 6.09. The van der Waals surface area contributed by atoms with Crippen LogP contribution in [0.1, 0.15) is 19.4 Å². The lowest BCUT2D eigenvalue weighted by atomic mass is 9.98. The van der Waals surface area contributed by atoms with E-state index in [0.717, 1.165) is 11.3 Å². The number of hydrogen-bond donors (Lipinski definition) is 2. The number of rotatable bonds is 7. The quantitative estimate of drug-likeness (QED) is 0.751. The molecule has 0 fully saturated rings. The van der Waals surface area contributed by atoms with E-state index >= 15 is 0 Å². The number of carbonyl (C=O) groups excluding carboxylic acids is 2. The smallest absolute Gasteiger partial charge is 0.252 e. The average Bonchev–Trinajstić information content (AvgIpc) is 2.71. The van der Waals surface area contributed by atoms with Gasteiger partial charge in [-0.25, -0.2) is 0 Å². The summed E-state index contributed by atoms with van der Waals surface area (Å²) in [7, 11) is 3.18. The summed E-state index contributed by atoms with van der Waals surface area (Å²) in [6.45, 7) is 4.06. The van der Waals surface area contributed by atoms with Crippen molar-refractivity contribution < 1.29 is 19.1 Å². The molecule has 0 unspecified atom stereocenters. The summed E-state index contributed by atoms with van der Waals surface area (Å²) in [6, 6.07) is 13.2. The van der Waals surface area contributed by atoms with Crippen molar-refractivity contribution in [1.29, 1.82) is 0 Å². The first-order chi connectivity index (χ1) is 13.9. The number of amides is 2. The number of hydrogen-bond acceptors (Lipinski definition) is 5. The molecule has 0 bridgehead atoms. The zero-order valence-electron chi connectivity index (χ0n) is 17.2. The van der Waals surface area contributed by atoms with Crippen LogP contribution in [0, 0.1) is 0 Å². The predicted molar refractivity (Wildman–Crippen MR) is 113 cm³/mol. The standard InChI is InChI=1S/C22H27N3O4/c1-22(2)21(27)25(17-8-6-5-7-16(17)24-22)14-20(26)23-12-11-15-9-10-18(28-3)19(13-15)29-4/h5-10,13,24H,11-12,14H2,1-4H3,(H,23,26). The van der Waals surface area contributed by atoms with Crippen LogP contribution in [0.3, 0.4) is 0 Å². The molecule has 7 nitrogen and oxygen atoms in total. The molecular weight excluding hydrogens is 370 g/mol. The summed E-state index contributed by atoms with van der Waals surface area (Å²) in [4.78, 5) is 26.9. The molecule has 0 aromatic heterocycles. The number of methoxy groups -OCH3 is 2. The molecule has 2 amide bonds. The number of fused-ring (bicyclic) bond motifs is 1. The van der Waals surface area contributed by atoms with Crippen LogP contribution in [-0.2, 0) is 16.0 Å². The summed E-state index contributed by atoms with van der Waals surface area (Å²) in [5.41, 5.74) is 1.81. The Bertz CT molecular complexity index is 911. The van der Waals surface area contributed by atoms with Gasteiger partial charge in [0.1, 0.15) is 12.1 Å². The van der Waals surface area contributed by atoms with Gasteiger partial charge in [-0.1, -0.05) is 18.2 Å². The van der Waals surface area contributed by atoms with Gasteiger partial charge in [-0.05, 0) is 50.1 Å². The average molecular weight is 397 g/mol. The normalized spacial score (nSPS) is 14.6. The molecule has 2 N–H and O–H groups in total. The molecule has 0 saturated carbocycles. The van der Waals surface area contributed by atoms with Gasteiger partial charge >= 0.3 is 0 Å². The first-order valence-corrected chi connectivity index (χ1v) is 9.52. The van der Waals surface area contributed by atoms with E-state index in [1.54, 1.807) is 14.2 Å². The van der Waals surface area contributed by atoms with Crippen molar-refractivity contribution >= 4 is 23.2 Å². The van der Waals surface area contributed by atoms with E-state index in [1.807, 2.05) is 56.3 Å². The van der Waals surface area contributed by atoms with Crippen LogP contribution in [0.5, 0.6) is 11.5 Å². The number of benzene rings is 2. The minimum absolute atomic E-state index is 0.0209. The van der Waals surface area contributed by atoms with Gasteiger partial charge in [0.2, 0.25) is 5.91 Å². The molecule has 3 rings (SSSR count). The van der Waals surface area contributed by atoms with E-state index in [-0.39, 0.29) is 18.4 Å². The fourth-order valence-electron chi connectivity index (χ4n) is 3.39. The molecule has 1 heterocycles. The second kappa shape index (κ2) is 8.43. The molecule has 7 heteroatoms.